The Bertz CT molecular complexity index is 737. The highest BCUT2D eigenvalue weighted by Crippen LogP contribution is 2.39. The van der Waals surface area contributed by atoms with Crippen molar-refractivity contribution in [3.8, 4) is 0 Å². The van der Waals surface area contributed by atoms with Crippen molar-refractivity contribution in [1.82, 2.24) is 4.98 Å². The molecule has 116 valence electrons. The third-order valence-corrected chi connectivity index (χ3v) is 5.28. The lowest BCUT2D eigenvalue weighted by molar-refractivity contribution is -0.142. The van der Waals surface area contributed by atoms with Gasteiger partial charge in [-0.1, -0.05) is 12.2 Å². The summed E-state index contributed by atoms with van der Waals surface area (Å²) >= 11 is 3.32. The summed E-state index contributed by atoms with van der Waals surface area (Å²) in [6.07, 6.45) is 4.63. The Kier molecular flexibility index (Phi) is 4.69. The molecule has 0 atom stereocenters. The summed E-state index contributed by atoms with van der Waals surface area (Å²) in [6, 6.07) is 2.19. The van der Waals surface area contributed by atoms with E-state index in [-0.39, 0.29) is 5.97 Å². The highest BCUT2D eigenvalue weighted by Gasteiger charge is 2.17. The Labute approximate surface area is 138 Å². The highest BCUT2D eigenvalue weighted by atomic mass is 32.2. The zero-order chi connectivity index (χ0) is 15.5. The van der Waals surface area contributed by atoms with Crippen LogP contribution in [0.2, 0.25) is 0 Å². The van der Waals surface area contributed by atoms with Crippen LogP contribution in [0.25, 0.3) is 16.3 Å². The number of esters is 1. The molecule has 0 saturated carbocycles. The van der Waals surface area contributed by atoms with Crippen molar-refractivity contribution in [2.45, 2.75) is 25.3 Å². The van der Waals surface area contributed by atoms with E-state index in [1.165, 1.54) is 10.3 Å². The maximum atomic E-state index is 11.5. The van der Waals surface area contributed by atoms with E-state index in [1.54, 1.807) is 23.1 Å². The van der Waals surface area contributed by atoms with Gasteiger partial charge in [-0.05, 0) is 19.9 Å². The number of rotatable bonds is 5. The molecule has 3 rings (SSSR count). The molecule has 2 aromatic heterocycles. The molecule has 0 bridgehead atoms. The van der Waals surface area contributed by atoms with Crippen LogP contribution in [0.5, 0.6) is 0 Å². The van der Waals surface area contributed by atoms with Gasteiger partial charge < -0.3 is 10.1 Å². The van der Waals surface area contributed by atoms with Gasteiger partial charge in [-0.15, -0.1) is 23.1 Å². The highest BCUT2D eigenvalue weighted by molar-refractivity contribution is 7.99. The number of pyridine rings is 1. The topological polar surface area (TPSA) is 51.2 Å². The molecule has 0 unspecified atom stereocenters. The normalized spacial score (nSPS) is 13.0. The fourth-order valence-electron chi connectivity index (χ4n) is 2.43. The molecular weight excluding hydrogens is 316 g/mol. The van der Waals surface area contributed by atoms with Crippen LogP contribution < -0.4 is 5.32 Å². The summed E-state index contributed by atoms with van der Waals surface area (Å²) in [5, 5.41) is 5.63. The number of fused-ring (bicyclic) bond motifs is 3. The monoisotopic (exact) mass is 334 g/mol. The quantitative estimate of drug-likeness (QED) is 0.659. The van der Waals surface area contributed by atoms with E-state index in [0.29, 0.717) is 18.8 Å². The molecule has 22 heavy (non-hydrogen) atoms. The van der Waals surface area contributed by atoms with Crippen LogP contribution in [-0.4, -0.2) is 29.9 Å². The van der Waals surface area contributed by atoms with Gasteiger partial charge in [0.25, 0.3) is 0 Å². The van der Waals surface area contributed by atoms with Gasteiger partial charge in [0, 0.05) is 28.1 Å². The molecule has 0 radical (unpaired) electrons. The minimum absolute atomic E-state index is 0.148. The molecule has 0 saturated heterocycles. The van der Waals surface area contributed by atoms with Crippen molar-refractivity contribution in [2.24, 2.45) is 0 Å². The maximum Gasteiger partial charge on any atom is 0.306 e. The van der Waals surface area contributed by atoms with Crippen molar-refractivity contribution in [2.75, 3.05) is 24.2 Å². The zero-order valence-electron chi connectivity index (χ0n) is 12.6. The first-order chi connectivity index (χ1) is 10.7. The van der Waals surface area contributed by atoms with Gasteiger partial charge in [0.15, 0.2) is 0 Å². The summed E-state index contributed by atoms with van der Waals surface area (Å²) in [7, 11) is 0. The van der Waals surface area contributed by atoms with E-state index in [9.17, 15) is 4.79 Å². The lowest BCUT2D eigenvalue weighted by Crippen LogP contribution is -2.07. The first kappa shape index (κ1) is 15.4. The molecule has 0 spiro atoms. The molecule has 3 heterocycles. The summed E-state index contributed by atoms with van der Waals surface area (Å²) in [5.41, 5.74) is 2.29. The van der Waals surface area contributed by atoms with E-state index in [4.69, 9.17) is 9.72 Å². The minimum atomic E-state index is -0.148. The summed E-state index contributed by atoms with van der Waals surface area (Å²) in [5.74, 6) is 0.535. The molecular formula is C16H18N2O2S2. The van der Waals surface area contributed by atoms with Crippen LogP contribution in [0.4, 0.5) is 5.69 Å². The van der Waals surface area contributed by atoms with Gasteiger partial charge in [-0.2, -0.15) is 0 Å². The molecule has 0 aliphatic carbocycles. The zero-order valence-corrected chi connectivity index (χ0v) is 14.3. The number of aromatic nitrogens is 1. The molecule has 0 amide bonds. The molecule has 1 N–H and O–H groups in total. The van der Waals surface area contributed by atoms with Crippen molar-refractivity contribution in [3.05, 3.63) is 22.6 Å². The Morgan fingerprint density at radius 1 is 1.55 bits per heavy atom. The van der Waals surface area contributed by atoms with E-state index in [0.717, 1.165) is 27.7 Å². The Morgan fingerprint density at radius 3 is 3.23 bits per heavy atom. The summed E-state index contributed by atoms with van der Waals surface area (Å²) in [4.78, 5) is 18.6. The third-order valence-electron chi connectivity index (χ3n) is 3.34. The number of carbonyl (C=O) groups excluding carboxylic acids is 1. The predicted molar refractivity (Wildman–Crippen MR) is 93.9 cm³/mol. The second-order valence-electron chi connectivity index (χ2n) is 4.97. The molecule has 6 heteroatoms. The van der Waals surface area contributed by atoms with Crippen LogP contribution >= 0.6 is 23.1 Å². The van der Waals surface area contributed by atoms with E-state index in [1.807, 2.05) is 6.92 Å². The first-order valence-electron chi connectivity index (χ1n) is 7.32. The number of hydrogen-bond donors (Lipinski definition) is 1. The number of carbonyl (C=O) groups is 1. The SMILES string of the molecule is CCOC(=O)CCSc1nc2sc(C)cc2c2c1C=CCN2. The lowest BCUT2D eigenvalue weighted by Gasteiger charge is -2.17. The number of thiophene rings is 1. The summed E-state index contributed by atoms with van der Waals surface area (Å²) < 4.78 is 4.97. The van der Waals surface area contributed by atoms with Crippen molar-refractivity contribution in [3.63, 3.8) is 0 Å². The van der Waals surface area contributed by atoms with Gasteiger partial charge in [0.2, 0.25) is 0 Å². The van der Waals surface area contributed by atoms with Crippen LogP contribution in [0.1, 0.15) is 23.8 Å². The van der Waals surface area contributed by atoms with E-state index < -0.39 is 0 Å². The molecule has 1 aliphatic rings. The van der Waals surface area contributed by atoms with Gasteiger partial charge in [-0.3, -0.25) is 4.79 Å². The number of nitrogens with zero attached hydrogens (tertiary/aromatic N) is 1. The molecule has 0 fully saturated rings. The van der Waals surface area contributed by atoms with Crippen LogP contribution in [0, 0.1) is 6.92 Å². The minimum Gasteiger partial charge on any atom is -0.466 e. The van der Waals surface area contributed by atoms with Crippen LogP contribution in [-0.2, 0) is 9.53 Å². The average Bonchev–Trinajstić information content (AvgIpc) is 2.88. The van der Waals surface area contributed by atoms with Gasteiger partial charge in [0.1, 0.15) is 9.86 Å². The number of aryl methyl sites for hydroxylation is 1. The Balaban J connectivity index is 1.86. The van der Waals surface area contributed by atoms with E-state index in [2.05, 4.69) is 30.5 Å². The number of hydrogen-bond acceptors (Lipinski definition) is 6. The number of thioether (sulfide) groups is 1. The van der Waals surface area contributed by atoms with Crippen LogP contribution in [0.15, 0.2) is 17.2 Å². The lowest BCUT2D eigenvalue weighted by atomic mass is 10.1. The molecule has 0 aromatic carbocycles. The number of ether oxygens (including phenoxy) is 1. The Hall–Kier alpha value is -1.53. The third kappa shape index (κ3) is 3.13. The van der Waals surface area contributed by atoms with E-state index >= 15 is 0 Å². The van der Waals surface area contributed by atoms with Crippen molar-refractivity contribution >= 4 is 51.0 Å². The van der Waals surface area contributed by atoms with Gasteiger partial charge in [-0.25, -0.2) is 4.98 Å². The van der Waals surface area contributed by atoms with Gasteiger partial charge in [0.05, 0.1) is 18.7 Å². The summed E-state index contributed by atoms with van der Waals surface area (Å²) in [6.45, 7) is 5.20. The molecule has 2 aromatic rings. The second-order valence-corrected chi connectivity index (χ2v) is 7.29. The number of nitrogens with one attached hydrogen (secondary N) is 1. The smallest absolute Gasteiger partial charge is 0.306 e. The Morgan fingerprint density at radius 2 is 2.41 bits per heavy atom. The number of anilines is 1. The fourth-order valence-corrected chi connectivity index (χ4v) is 4.32. The van der Waals surface area contributed by atoms with Crippen LogP contribution in [0.3, 0.4) is 0 Å². The maximum absolute atomic E-state index is 11.5. The van der Waals surface area contributed by atoms with Crippen molar-refractivity contribution in [1.29, 1.82) is 0 Å². The molecule has 1 aliphatic heterocycles. The fraction of sp³-hybridized carbons (Fsp3) is 0.375. The first-order valence-corrected chi connectivity index (χ1v) is 9.12. The van der Waals surface area contributed by atoms with Crippen molar-refractivity contribution < 1.29 is 9.53 Å². The molecule has 4 nitrogen and oxygen atoms in total. The van der Waals surface area contributed by atoms with Gasteiger partial charge >= 0.3 is 5.97 Å². The largest absolute Gasteiger partial charge is 0.466 e. The predicted octanol–water partition coefficient (Wildman–Crippen LogP) is 4.09. The average molecular weight is 334 g/mol. The standard InChI is InChI=1S/C16H18N2O2S2/c1-3-20-13(19)6-8-21-15-11-5-4-7-17-14(11)12-9-10(2)22-16(12)18-15/h4-5,9,17H,3,6-8H2,1-2H3. The second kappa shape index (κ2) is 6.71.